The van der Waals surface area contributed by atoms with Crippen molar-refractivity contribution in [1.82, 2.24) is 10.6 Å². The lowest BCUT2D eigenvalue weighted by molar-refractivity contribution is 0.0104. The molecule has 2 aromatic rings. The second kappa shape index (κ2) is 13.8. The summed E-state index contributed by atoms with van der Waals surface area (Å²) in [5.74, 6) is 1.63. The number of hydrogen-bond acceptors (Lipinski definition) is 5. The lowest BCUT2D eigenvalue weighted by Gasteiger charge is -2.22. The number of nitrogens with zero attached hydrogens (tertiary/aromatic N) is 1. The van der Waals surface area contributed by atoms with Crippen LogP contribution in [0.1, 0.15) is 43.4 Å². The number of furan rings is 1. The molecule has 0 aliphatic carbocycles. The first-order valence-corrected chi connectivity index (χ1v) is 12.3. The van der Waals surface area contributed by atoms with Crippen molar-refractivity contribution in [2.45, 2.75) is 56.1 Å². The molecule has 32 heavy (non-hydrogen) atoms. The Morgan fingerprint density at radius 1 is 1.12 bits per heavy atom. The third-order valence-electron chi connectivity index (χ3n) is 5.18. The van der Waals surface area contributed by atoms with Gasteiger partial charge in [-0.3, -0.25) is 0 Å². The number of nitrogens with two attached hydrogens (primary N) is 1. The molecule has 0 radical (unpaired) electrons. The Hall–Kier alpha value is -1.63. The highest BCUT2D eigenvalue weighted by Crippen LogP contribution is 2.16. The highest BCUT2D eigenvalue weighted by Gasteiger charge is 2.13. The van der Waals surface area contributed by atoms with Crippen molar-refractivity contribution in [3.05, 3.63) is 54.0 Å². The lowest BCUT2D eigenvalue weighted by atomic mass is 10.0. The molecular weight excluding hydrogens is 543 g/mol. The number of nitrogens with one attached hydrogen (secondary N) is 2. The average Bonchev–Trinajstić information content (AvgIpc) is 3.28. The Labute approximate surface area is 207 Å². The molecule has 4 N–H and O–H groups in total. The SMILES string of the molecule is I.NS(=O)(=O)c1ccc(CN=C(NCCCC2CCCCO2)NCCc2ccco2)cc1. The van der Waals surface area contributed by atoms with Gasteiger partial charge >= 0.3 is 0 Å². The van der Waals surface area contributed by atoms with Gasteiger partial charge in [-0.15, -0.1) is 24.0 Å². The van der Waals surface area contributed by atoms with Gasteiger partial charge in [0.15, 0.2) is 5.96 Å². The quantitative estimate of drug-likeness (QED) is 0.173. The largest absolute Gasteiger partial charge is 0.469 e. The standard InChI is InChI=1S/C22H32N4O4S.HI/c23-31(27,28)21-10-8-18(9-11-21)17-26-22(25-14-12-20-7-4-16-30-20)24-13-3-6-19-5-1-2-15-29-19;/h4,7-11,16,19H,1-3,5-6,12-15,17H2,(H2,23,27,28)(H2,24,25,26);1H. The maximum absolute atomic E-state index is 11.4. The first-order valence-electron chi connectivity index (χ1n) is 10.8. The summed E-state index contributed by atoms with van der Waals surface area (Å²) in [4.78, 5) is 4.74. The molecule has 1 aromatic carbocycles. The maximum atomic E-state index is 11.4. The fraction of sp³-hybridized carbons (Fsp3) is 0.500. The monoisotopic (exact) mass is 576 g/mol. The molecule has 178 valence electrons. The van der Waals surface area contributed by atoms with Gasteiger partial charge in [0.2, 0.25) is 10.0 Å². The molecule has 10 heteroatoms. The molecule has 1 aliphatic rings. The van der Waals surface area contributed by atoms with Gasteiger partial charge in [-0.2, -0.15) is 0 Å². The normalized spacial score (nSPS) is 16.9. The summed E-state index contributed by atoms with van der Waals surface area (Å²) >= 11 is 0. The molecule has 0 bridgehead atoms. The Bertz CT molecular complexity index is 912. The number of ether oxygens (including phenoxy) is 1. The summed E-state index contributed by atoms with van der Waals surface area (Å²) in [5, 5.41) is 11.9. The Morgan fingerprint density at radius 2 is 1.91 bits per heavy atom. The van der Waals surface area contributed by atoms with E-state index in [0.29, 0.717) is 25.2 Å². The van der Waals surface area contributed by atoms with Crippen molar-refractivity contribution in [2.75, 3.05) is 19.7 Å². The third-order valence-corrected chi connectivity index (χ3v) is 6.11. The second-order valence-electron chi connectivity index (χ2n) is 7.67. The number of benzene rings is 1. The van der Waals surface area contributed by atoms with E-state index in [9.17, 15) is 8.42 Å². The van der Waals surface area contributed by atoms with Gasteiger partial charge in [0.05, 0.1) is 23.8 Å². The fourth-order valence-corrected chi connectivity index (χ4v) is 3.98. The highest BCUT2D eigenvalue weighted by molar-refractivity contribution is 14.0. The minimum Gasteiger partial charge on any atom is -0.469 e. The first kappa shape index (κ1) is 26.6. The topological polar surface area (TPSA) is 119 Å². The summed E-state index contributed by atoms with van der Waals surface area (Å²) in [6, 6.07) is 10.3. The van der Waals surface area contributed by atoms with Crippen molar-refractivity contribution in [2.24, 2.45) is 10.1 Å². The zero-order valence-corrected chi connectivity index (χ0v) is 21.3. The van der Waals surface area contributed by atoms with Gasteiger partial charge < -0.3 is 19.8 Å². The van der Waals surface area contributed by atoms with E-state index in [2.05, 4.69) is 15.6 Å². The highest BCUT2D eigenvalue weighted by atomic mass is 127. The predicted octanol–water partition coefficient (Wildman–Crippen LogP) is 3.17. The van der Waals surface area contributed by atoms with E-state index in [1.165, 1.54) is 25.0 Å². The molecule has 1 atom stereocenters. The molecule has 8 nitrogen and oxygen atoms in total. The third kappa shape index (κ3) is 9.47. The minimum absolute atomic E-state index is 0. The van der Waals surface area contributed by atoms with Crippen LogP contribution in [0.4, 0.5) is 0 Å². The number of guanidine groups is 1. The van der Waals surface area contributed by atoms with Crippen LogP contribution in [0.2, 0.25) is 0 Å². The van der Waals surface area contributed by atoms with Crippen LogP contribution in [-0.4, -0.2) is 40.2 Å². The van der Waals surface area contributed by atoms with Crippen molar-refractivity contribution < 1.29 is 17.6 Å². The van der Waals surface area contributed by atoms with Crippen LogP contribution in [0.15, 0.2) is 57.0 Å². The molecule has 3 rings (SSSR count). The summed E-state index contributed by atoms with van der Waals surface area (Å²) in [6.07, 6.45) is 8.42. The molecule has 0 spiro atoms. The molecule has 1 aromatic heterocycles. The van der Waals surface area contributed by atoms with E-state index in [0.717, 1.165) is 50.2 Å². The number of halogens is 1. The van der Waals surface area contributed by atoms with Crippen LogP contribution in [0, 0.1) is 0 Å². The van der Waals surface area contributed by atoms with Crippen LogP contribution < -0.4 is 15.8 Å². The van der Waals surface area contributed by atoms with E-state index in [1.54, 1.807) is 18.4 Å². The summed E-state index contributed by atoms with van der Waals surface area (Å²) in [7, 11) is -3.69. The minimum atomic E-state index is -3.69. The van der Waals surface area contributed by atoms with Gasteiger partial charge in [0.25, 0.3) is 0 Å². The lowest BCUT2D eigenvalue weighted by Crippen LogP contribution is -2.39. The number of aliphatic imine (C=N–C) groups is 1. The van der Waals surface area contributed by atoms with E-state index in [4.69, 9.17) is 14.3 Å². The molecule has 1 aliphatic heterocycles. The van der Waals surface area contributed by atoms with Crippen LogP contribution in [0.3, 0.4) is 0 Å². The van der Waals surface area contributed by atoms with Crippen LogP contribution in [0.5, 0.6) is 0 Å². The predicted molar refractivity (Wildman–Crippen MR) is 136 cm³/mol. The van der Waals surface area contributed by atoms with E-state index < -0.39 is 10.0 Å². The van der Waals surface area contributed by atoms with Gasteiger partial charge in [-0.1, -0.05) is 12.1 Å². The molecular formula is C22H33IN4O4S. The molecule has 0 amide bonds. The van der Waals surface area contributed by atoms with Crippen molar-refractivity contribution in [3.8, 4) is 0 Å². The van der Waals surface area contributed by atoms with Crippen LogP contribution in [-0.2, 0) is 27.7 Å². The average molecular weight is 577 g/mol. The molecule has 1 unspecified atom stereocenters. The zero-order chi connectivity index (χ0) is 21.9. The van der Waals surface area contributed by atoms with E-state index in [1.807, 2.05) is 12.1 Å². The van der Waals surface area contributed by atoms with Gasteiger partial charge in [0, 0.05) is 26.1 Å². The zero-order valence-electron chi connectivity index (χ0n) is 18.2. The van der Waals surface area contributed by atoms with Gasteiger partial charge in [-0.05, 0) is 61.9 Å². The summed E-state index contributed by atoms with van der Waals surface area (Å²) in [6.45, 7) is 2.79. The molecule has 0 saturated carbocycles. The first-order chi connectivity index (χ1) is 15.0. The summed E-state index contributed by atoms with van der Waals surface area (Å²) in [5.41, 5.74) is 0.898. The number of primary sulfonamides is 1. The van der Waals surface area contributed by atoms with Gasteiger partial charge in [0.1, 0.15) is 5.76 Å². The fourth-order valence-electron chi connectivity index (χ4n) is 3.46. The smallest absolute Gasteiger partial charge is 0.238 e. The van der Waals surface area contributed by atoms with Gasteiger partial charge in [-0.25, -0.2) is 18.5 Å². The van der Waals surface area contributed by atoms with Crippen LogP contribution >= 0.6 is 24.0 Å². The number of rotatable bonds is 10. The number of sulfonamides is 1. The molecule has 2 heterocycles. The van der Waals surface area contributed by atoms with E-state index >= 15 is 0 Å². The molecule has 1 saturated heterocycles. The maximum Gasteiger partial charge on any atom is 0.238 e. The van der Waals surface area contributed by atoms with Crippen molar-refractivity contribution in [1.29, 1.82) is 0 Å². The Balaban J connectivity index is 0.00000363. The molecule has 1 fully saturated rings. The number of hydrogen-bond donors (Lipinski definition) is 3. The second-order valence-corrected chi connectivity index (χ2v) is 9.23. The Kier molecular flexibility index (Phi) is 11.5. The Morgan fingerprint density at radius 3 is 2.56 bits per heavy atom. The summed E-state index contributed by atoms with van der Waals surface area (Å²) < 4.78 is 34.0. The van der Waals surface area contributed by atoms with E-state index in [-0.39, 0.29) is 28.9 Å². The van der Waals surface area contributed by atoms with Crippen LogP contribution in [0.25, 0.3) is 0 Å². The van der Waals surface area contributed by atoms with Crippen molar-refractivity contribution in [3.63, 3.8) is 0 Å². The van der Waals surface area contributed by atoms with Crippen molar-refractivity contribution >= 4 is 40.0 Å².